The molecule has 5 aromatic rings. The van der Waals surface area contributed by atoms with Gasteiger partial charge in [-0.15, -0.1) is 11.3 Å². The molecule has 6 nitrogen and oxygen atoms in total. The Labute approximate surface area is 197 Å². The standard InChI is InChI=1S/C23H16ClN5OS2/c24-16-10-8-14(9-11-16)21-27-28-23(31)29(21)13-20(30)25-17-5-3-4-15(12-17)22-26-18-6-1-2-7-19(18)32-22/h1-12H,13H2,(H,25,30)(H,28,31). The van der Waals surface area contributed by atoms with E-state index in [4.69, 9.17) is 28.8 Å². The minimum absolute atomic E-state index is 0.0264. The predicted molar refractivity (Wildman–Crippen MR) is 132 cm³/mol. The lowest BCUT2D eigenvalue weighted by Gasteiger charge is -2.09. The zero-order valence-electron chi connectivity index (χ0n) is 16.6. The van der Waals surface area contributed by atoms with Crippen LogP contribution >= 0.6 is 35.2 Å². The van der Waals surface area contributed by atoms with Gasteiger partial charge in [0, 0.05) is 21.8 Å². The predicted octanol–water partition coefficient (Wildman–Crippen LogP) is 6.18. The first-order chi connectivity index (χ1) is 15.6. The van der Waals surface area contributed by atoms with E-state index in [1.807, 2.05) is 54.6 Å². The number of para-hydroxylation sites is 1. The number of thiazole rings is 1. The number of H-pyrrole nitrogens is 1. The minimum atomic E-state index is -0.209. The summed E-state index contributed by atoms with van der Waals surface area (Å²) in [6.07, 6.45) is 0. The van der Waals surface area contributed by atoms with Gasteiger partial charge in [0.2, 0.25) is 5.91 Å². The van der Waals surface area contributed by atoms with E-state index in [1.165, 1.54) is 0 Å². The molecule has 0 saturated carbocycles. The molecule has 0 atom stereocenters. The molecule has 0 spiro atoms. The SMILES string of the molecule is O=C(Cn1c(-c2ccc(Cl)cc2)n[nH]c1=S)Nc1cccc(-c2nc3ccccc3s2)c1. The molecule has 0 bridgehead atoms. The van der Waals surface area contributed by atoms with E-state index < -0.39 is 0 Å². The van der Waals surface area contributed by atoms with Gasteiger partial charge in [0.15, 0.2) is 10.6 Å². The highest BCUT2D eigenvalue weighted by molar-refractivity contribution is 7.71. The number of nitrogens with one attached hydrogen (secondary N) is 2. The fourth-order valence-electron chi connectivity index (χ4n) is 3.35. The van der Waals surface area contributed by atoms with E-state index in [0.717, 1.165) is 26.4 Å². The molecule has 2 N–H and O–H groups in total. The summed E-state index contributed by atoms with van der Waals surface area (Å²) in [7, 11) is 0. The Morgan fingerprint density at radius 1 is 1.06 bits per heavy atom. The molecule has 3 aromatic carbocycles. The maximum Gasteiger partial charge on any atom is 0.244 e. The van der Waals surface area contributed by atoms with Crippen molar-refractivity contribution in [3.05, 3.63) is 82.6 Å². The van der Waals surface area contributed by atoms with Crippen LogP contribution in [0.3, 0.4) is 0 Å². The van der Waals surface area contributed by atoms with Gasteiger partial charge in [-0.25, -0.2) is 4.98 Å². The number of nitrogens with zero attached hydrogens (tertiary/aromatic N) is 3. The number of hydrogen-bond acceptors (Lipinski definition) is 5. The first-order valence-corrected chi connectivity index (χ1v) is 11.3. The van der Waals surface area contributed by atoms with Crippen LogP contribution in [0.2, 0.25) is 5.02 Å². The zero-order chi connectivity index (χ0) is 22.1. The van der Waals surface area contributed by atoms with Crippen molar-refractivity contribution >= 4 is 57.0 Å². The average Bonchev–Trinajstić information content (AvgIpc) is 3.39. The third-order valence-corrected chi connectivity index (χ3v) is 6.50. The summed E-state index contributed by atoms with van der Waals surface area (Å²) in [5.74, 6) is 0.365. The summed E-state index contributed by atoms with van der Waals surface area (Å²) in [6, 6.07) is 22.9. The largest absolute Gasteiger partial charge is 0.325 e. The summed E-state index contributed by atoms with van der Waals surface area (Å²) in [6.45, 7) is 0.0264. The molecule has 0 fully saturated rings. The second-order valence-corrected chi connectivity index (χ2v) is 8.91. The van der Waals surface area contributed by atoms with E-state index in [1.54, 1.807) is 28.0 Å². The molecular weight excluding hydrogens is 462 g/mol. The number of aromatic nitrogens is 4. The minimum Gasteiger partial charge on any atom is -0.325 e. The van der Waals surface area contributed by atoms with Crippen molar-refractivity contribution in [3.8, 4) is 22.0 Å². The van der Waals surface area contributed by atoms with E-state index in [0.29, 0.717) is 21.3 Å². The molecule has 9 heteroatoms. The highest BCUT2D eigenvalue weighted by Crippen LogP contribution is 2.31. The first-order valence-electron chi connectivity index (χ1n) is 9.74. The lowest BCUT2D eigenvalue weighted by atomic mass is 10.2. The third-order valence-electron chi connectivity index (χ3n) is 4.85. The van der Waals surface area contributed by atoms with Crippen LogP contribution in [0.4, 0.5) is 5.69 Å². The van der Waals surface area contributed by atoms with E-state index in [9.17, 15) is 4.79 Å². The zero-order valence-corrected chi connectivity index (χ0v) is 19.0. The molecule has 0 aliphatic rings. The highest BCUT2D eigenvalue weighted by atomic mass is 35.5. The Morgan fingerprint density at radius 2 is 1.88 bits per heavy atom. The fourth-order valence-corrected chi connectivity index (χ4v) is 4.64. The smallest absolute Gasteiger partial charge is 0.244 e. The van der Waals surface area contributed by atoms with Crippen LogP contribution in [0.25, 0.3) is 32.2 Å². The Hall–Kier alpha value is -3.33. The van der Waals surface area contributed by atoms with Gasteiger partial charge in [-0.1, -0.05) is 35.9 Å². The second-order valence-electron chi connectivity index (χ2n) is 7.06. The van der Waals surface area contributed by atoms with Crippen LogP contribution in [0.15, 0.2) is 72.8 Å². The molecular formula is C23H16ClN5OS2. The van der Waals surface area contributed by atoms with Crippen LogP contribution in [-0.2, 0) is 11.3 Å². The van der Waals surface area contributed by atoms with Crippen LogP contribution < -0.4 is 5.32 Å². The number of anilines is 1. The number of benzene rings is 3. The Balaban J connectivity index is 1.36. The molecule has 158 valence electrons. The normalized spacial score (nSPS) is 11.0. The van der Waals surface area contributed by atoms with Crippen molar-refractivity contribution in [2.45, 2.75) is 6.54 Å². The monoisotopic (exact) mass is 477 g/mol. The van der Waals surface area contributed by atoms with Gasteiger partial charge < -0.3 is 5.32 Å². The molecule has 0 radical (unpaired) electrons. The molecule has 2 heterocycles. The van der Waals surface area contributed by atoms with Crippen molar-refractivity contribution < 1.29 is 4.79 Å². The average molecular weight is 478 g/mol. The molecule has 0 aliphatic heterocycles. The van der Waals surface area contributed by atoms with Crippen LogP contribution in [-0.4, -0.2) is 25.7 Å². The third kappa shape index (κ3) is 4.20. The van der Waals surface area contributed by atoms with Crippen molar-refractivity contribution in [2.24, 2.45) is 0 Å². The van der Waals surface area contributed by atoms with Crippen molar-refractivity contribution in [1.82, 2.24) is 19.7 Å². The maximum absolute atomic E-state index is 12.8. The van der Waals surface area contributed by atoms with E-state index >= 15 is 0 Å². The number of fused-ring (bicyclic) bond motifs is 1. The lowest BCUT2D eigenvalue weighted by Crippen LogP contribution is -2.19. The van der Waals surface area contributed by atoms with Gasteiger partial charge in [0.25, 0.3) is 0 Å². The van der Waals surface area contributed by atoms with Gasteiger partial charge in [-0.2, -0.15) is 5.10 Å². The topological polar surface area (TPSA) is 75.6 Å². The number of amides is 1. The summed E-state index contributed by atoms with van der Waals surface area (Å²) in [5, 5.41) is 11.5. The van der Waals surface area contributed by atoms with Gasteiger partial charge in [-0.3, -0.25) is 14.5 Å². The van der Waals surface area contributed by atoms with Crippen molar-refractivity contribution in [3.63, 3.8) is 0 Å². The van der Waals surface area contributed by atoms with Gasteiger partial charge in [0.1, 0.15) is 11.6 Å². The fraction of sp³-hybridized carbons (Fsp3) is 0.0435. The lowest BCUT2D eigenvalue weighted by molar-refractivity contribution is -0.116. The first kappa shape index (κ1) is 20.6. The molecule has 1 amide bonds. The number of rotatable bonds is 5. The van der Waals surface area contributed by atoms with Crippen LogP contribution in [0.5, 0.6) is 0 Å². The number of aromatic amines is 1. The molecule has 32 heavy (non-hydrogen) atoms. The van der Waals surface area contributed by atoms with Gasteiger partial charge in [0.05, 0.1) is 10.2 Å². The molecule has 0 unspecified atom stereocenters. The quantitative estimate of drug-likeness (QED) is 0.296. The van der Waals surface area contributed by atoms with E-state index in [-0.39, 0.29) is 12.5 Å². The van der Waals surface area contributed by atoms with Gasteiger partial charge >= 0.3 is 0 Å². The van der Waals surface area contributed by atoms with Gasteiger partial charge in [-0.05, 0) is 60.7 Å². The Morgan fingerprint density at radius 3 is 2.69 bits per heavy atom. The molecule has 5 rings (SSSR count). The summed E-state index contributed by atoms with van der Waals surface area (Å²) >= 11 is 12.9. The second kappa shape index (κ2) is 8.66. The van der Waals surface area contributed by atoms with E-state index in [2.05, 4.69) is 21.6 Å². The number of halogens is 1. The Bertz CT molecular complexity index is 1450. The summed E-state index contributed by atoms with van der Waals surface area (Å²) < 4.78 is 3.15. The summed E-state index contributed by atoms with van der Waals surface area (Å²) in [4.78, 5) is 17.5. The molecule has 2 aromatic heterocycles. The van der Waals surface area contributed by atoms with Crippen LogP contribution in [0.1, 0.15) is 0 Å². The number of carbonyl (C=O) groups is 1. The highest BCUT2D eigenvalue weighted by Gasteiger charge is 2.13. The summed E-state index contributed by atoms with van der Waals surface area (Å²) in [5.41, 5.74) is 3.42. The number of carbonyl (C=O) groups excluding carboxylic acids is 1. The molecule has 0 aliphatic carbocycles. The van der Waals surface area contributed by atoms with Crippen LogP contribution in [0, 0.1) is 4.77 Å². The Kier molecular flexibility index (Phi) is 5.57. The number of hydrogen-bond donors (Lipinski definition) is 2. The maximum atomic E-state index is 12.8. The van der Waals surface area contributed by atoms with Crippen molar-refractivity contribution in [1.29, 1.82) is 0 Å². The van der Waals surface area contributed by atoms with Crippen molar-refractivity contribution in [2.75, 3.05) is 5.32 Å². The molecule has 0 saturated heterocycles.